The van der Waals surface area contributed by atoms with Gasteiger partial charge in [-0.15, -0.1) is 0 Å². The standard InChI is InChI=1S/C11H10O/c12-11-7-6-9-4-2-1-3-5-10(9)8-11/h1-6H,7-8H2. The Labute approximate surface area is 71.8 Å². The van der Waals surface area contributed by atoms with Gasteiger partial charge in [-0.3, -0.25) is 4.79 Å². The summed E-state index contributed by atoms with van der Waals surface area (Å²) < 4.78 is 0. The molecule has 0 heterocycles. The van der Waals surface area contributed by atoms with Gasteiger partial charge in [-0.05, 0) is 11.1 Å². The molecule has 0 spiro atoms. The Kier molecular flexibility index (Phi) is 1.78. The molecule has 2 aliphatic rings. The lowest BCUT2D eigenvalue weighted by molar-refractivity contribution is -0.117. The SMILES string of the molecule is O=C1CC=C2C=CC=CC=C2C1. The molecule has 0 aliphatic heterocycles. The van der Waals surface area contributed by atoms with Crippen LogP contribution >= 0.6 is 0 Å². The van der Waals surface area contributed by atoms with Crippen LogP contribution in [0.4, 0.5) is 0 Å². The van der Waals surface area contributed by atoms with Crippen molar-refractivity contribution in [3.8, 4) is 0 Å². The first-order valence-electron chi connectivity index (χ1n) is 4.12. The number of hydrogen-bond donors (Lipinski definition) is 0. The zero-order chi connectivity index (χ0) is 8.39. The Morgan fingerprint density at radius 1 is 1.17 bits per heavy atom. The van der Waals surface area contributed by atoms with Gasteiger partial charge in [-0.25, -0.2) is 0 Å². The quantitative estimate of drug-likeness (QED) is 0.528. The topological polar surface area (TPSA) is 17.1 Å². The van der Waals surface area contributed by atoms with Crippen LogP contribution in [0.1, 0.15) is 12.8 Å². The fourth-order valence-corrected chi connectivity index (χ4v) is 1.47. The molecule has 0 N–H and O–H groups in total. The van der Waals surface area contributed by atoms with Crippen LogP contribution in [0.25, 0.3) is 0 Å². The molecule has 0 radical (unpaired) electrons. The predicted octanol–water partition coefficient (Wildman–Crippen LogP) is 2.33. The third-order valence-corrected chi connectivity index (χ3v) is 2.10. The van der Waals surface area contributed by atoms with Crippen molar-refractivity contribution in [2.45, 2.75) is 12.8 Å². The van der Waals surface area contributed by atoms with Gasteiger partial charge in [0.25, 0.3) is 0 Å². The number of rotatable bonds is 0. The fraction of sp³-hybridized carbons (Fsp3) is 0.182. The summed E-state index contributed by atoms with van der Waals surface area (Å²) in [6.45, 7) is 0. The molecule has 60 valence electrons. The highest BCUT2D eigenvalue weighted by atomic mass is 16.1. The van der Waals surface area contributed by atoms with Gasteiger partial charge in [-0.2, -0.15) is 0 Å². The number of carbonyl (C=O) groups is 1. The maximum absolute atomic E-state index is 11.1. The van der Waals surface area contributed by atoms with Crippen LogP contribution in [0.2, 0.25) is 0 Å². The highest BCUT2D eigenvalue weighted by molar-refractivity contribution is 5.86. The zero-order valence-corrected chi connectivity index (χ0v) is 6.79. The third kappa shape index (κ3) is 1.30. The monoisotopic (exact) mass is 158 g/mol. The molecule has 2 aliphatic carbocycles. The van der Waals surface area contributed by atoms with Crippen molar-refractivity contribution < 1.29 is 4.79 Å². The number of Topliss-reactive ketones (excluding diaryl/α,β-unsaturated/α-hetero) is 1. The van der Waals surface area contributed by atoms with Crippen molar-refractivity contribution in [3.63, 3.8) is 0 Å². The van der Waals surface area contributed by atoms with Crippen LogP contribution in [0.5, 0.6) is 0 Å². The second-order valence-corrected chi connectivity index (χ2v) is 3.01. The average molecular weight is 158 g/mol. The second kappa shape index (κ2) is 2.94. The van der Waals surface area contributed by atoms with Crippen molar-refractivity contribution in [1.29, 1.82) is 0 Å². The summed E-state index contributed by atoms with van der Waals surface area (Å²) in [4.78, 5) is 11.1. The van der Waals surface area contributed by atoms with Gasteiger partial charge in [0.2, 0.25) is 0 Å². The zero-order valence-electron chi connectivity index (χ0n) is 6.79. The molecule has 0 unspecified atom stereocenters. The van der Waals surface area contributed by atoms with Crippen LogP contribution in [-0.2, 0) is 4.79 Å². The maximum Gasteiger partial charge on any atom is 0.141 e. The molecular formula is C11H10O. The van der Waals surface area contributed by atoms with Gasteiger partial charge >= 0.3 is 0 Å². The summed E-state index contributed by atoms with van der Waals surface area (Å²) in [5.74, 6) is 0.314. The minimum atomic E-state index is 0.314. The van der Waals surface area contributed by atoms with E-state index in [0.29, 0.717) is 18.6 Å². The van der Waals surface area contributed by atoms with Gasteiger partial charge in [-0.1, -0.05) is 36.5 Å². The Morgan fingerprint density at radius 2 is 2.08 bits per heavy atom. The van der Waals surface area contributed by atoms with Crippen LogP contribution in [0, 0.1) is 0 Å². The van der Waals surface area contributed by atoms with Crippen LogP contribution in [0.3, 0.4) is 0 Å². The highest BCUT2D eigenvalue weighted by Crippen LogP contribution is 2.24. The van der Waals surface area contributed by atoms with Crippen molar-refractivity contribution in [2.24, 2.45) is 0 Å². The lowest BCUT2D eigenvalue weighted by Gasteiger charge is -2.11. The van der Waals surface area contributed by atoms with Gasteiger partial charge in [0, 0.05) is 12.8 Å². The van der Waals surface area contributed by atoms with Crippen LogP contribution in [-0.4, -0.2) is 5.78 Å². The molecule has 0 aromatic rings. The smallest absolute Gasteiger partial charge is 0.141 e. The molecule has 1 heteroatoms. The summed E-state index contributed by atoms with van der Waals surface area (Å²) in [7, 11) is 0. The molecule has 0 fully saturated rings. The Bertz CT molecular complexity index is 327. The van der Waals surface area contributed by atoms with Crippen molar-refractivity contribution in [2.75, 3.05) is 0 Å². The number of carbonyl (C=O) groups excluding carboxylic acids is 1. The van der Waals surface area contributed by atoms with E-state index in [2.05, 4.69) is 6.08 Å². The van der Waals surface area contributed by atoms with E-state index in [9.17, 15) is 4.79 Å². The first kappa shape index (κ1) is 7.29. The molecule has 0 saturated carbocycles. The number of fused-ring (bicyclic) bond motifs is 1. The third-order valence-electron chi connectivity index (χ3n) is 2.10. The van der Waals surface area contributed by atoms with E-state index in [1.165, 1.54) is 5.57 Å². The molecule has 0 bridgehead atoms. The Morgan fingerprint density at radius 3 is 3.00 bits per heavy atom. The molecule has 0 atom stereocenters. The summed E-state index contributed by atoms with van der Waals surface area (Å²) in [5, 5.41) is 0. The summed E-state index contributed by atoms with van der Waals surface area (Å²) in [6.07, 6.45) is 13.2. The van der Waals surface area contributed by atoms with Gasteiger partial charge < -0.3 is 0 Å². The number of hydrogen-bond acceptors (Lipinski definition) is 1. The fourth-order valence-electron chi connectivity index (χ4n) is 1.47. The Balaban J connectivity index is 2.41. The molecule has 0 aromatic carbocycles. The van der Waals surface area contributed by atoms with Gasteiger partial charge in [0.05, 0.1) is 0 Å². The highest BCUT2D eigenvalue weighted by Gasteiger charge is 2.13. The molecule has 0 saturated heterocycles. The average Bonchev–Trinajstić information content (AvgIpc) is 2.28. The number of allylic oxidation sites excluding steroid dienone is 8. The first-order chi connectivity index (χ1) is 5.86. The maximum atomic E-state index is 11.1. The van der Waals surface area contributed by atoms with Crippen LogP contribution in [0.15, 0.2) is 47.6 Å². The molecule has 12 heavy (non-hydrogen) atoms. The van der Waals surface area contributed by atoms with E-state index in [-0.39, 0.29) is 0 Å². The minimum Gasteiger partial charge on any atom is -0.299 e. The normalized spacial score (nSPS) is 21.2. The summed E-state index contributed by atoms with van der Waals surface area (Å²) in [6, 6.07) is 0. The lowest BCUT2D eigenvalue weighted by atomic mass is 9.93. The molecule has 0 aromatic heterocycles. The lowest BCUT2D eigenvalue weighted by Crippen LogP contribution is -2.05. The molecule has 1 nitrogen and oxygen atoms in total. The van der Waals surface area contributed by atoms with E-state index < -0.39 is 0 Å². The van der Waals surface area contributed by atoms with E-state index >= 15 is 0 Å². The largest absolute Gasteiger partial charge is 0.299 e. The van der Waals surface area contributed by atoms with Crippen LogP contribution < -0.4 is 0 Å². The summed E-state index contributed by atoms with van der Waals surface area (Å²) in [5.41, 5.74) is 2.36. The summed E-state index contributed by atoms with van der Waals surface area (Å²) >= 11 is 0. The molecule has 0 amide bonds. The van der Waals surface area contributed by atoms with E-state index in [1.54, 1.807) is 0 Å². The first-order valence-corrected chi connectivity index (χ1v) is 4.12. The Hall–Kier alpha value is -1.37. The predicted molar refractivity (Wildman–Crippen MR) is 48.7 cm³/mol. The van der Waals surface area contributed by atoms with E-state index in [0.717, 1.165) is 5.57 Å². The van der Waals surface area contributed by atoms with Gasteiger partial charge in [0.1, 0.15) is 5.78 Å². The van der Waals surface area contributed by atoms with Crippen molar-refractivity contribution in [3.05, 3.63) is 47.6 Å². The van der Waals surface area contributed by atoms with E-state index in [1.807, 2.05) is 30.4 Å². The second-order valence-electron chi connectivity index (χ2n) is 3.01. The van der Waals surface area contributed by atoms with Crippen molar-refractivity contribution in [1.82, 2.24) is 0 Å². The number of ketones is 1. The van der Waals surface area contributed by atoms with Crippen molar-refractivity contribution >= 4 is 5.78 Å². The minimum absolute atomic E-state index is 0.314. The van der Waals surface area contributed by atoms with Gasteiger partial charge in [0.15, 0.2) is 0 Å². The molecular weight excluding hydrogens is 148 g/mol. The molecule has 2 rings (SSSR count). The van der Waals surface area contributed by atoms with E-state index in [4.69, 9.17) is 0 Å².